The largest absolute Gasteiger partial charge is 0.507 e. The molecule has 1 atom stereocenters. The fourth-order valence-corrected chi connectivity index (χ4v) is 1.75. The van der Waals surface area contributed by atoms with E-state index in [-0.39, 0.29) is 5.75 Å². The number of carbonyl (C=O) groups excluding carboxylic acids is 1. The van der Waals surface area contributed by atoms with Crippen LogP contribution >= 0.6 is 0 Å². The molecule has 0 radical (unpaired) electrons. The van der Waals surface area contributed by atoms with Crippen LogP contribution in [0.25, 0.3) is 0 Å². The molecule has 0 aliphatic rings. The van der Waals surface area contributed by atoms with Crippen molar-refractivity contribution in [2.45, 2.75) is 19.6 Å². The quantitative estimate of drug-likeness (QED) is 0.782. The summed E-state index contributed by atoms with van der Waals surface area (Å²) in [7, 11) is 4.97. The molecule has 1 unspecified atom stereocenters. The van der Waals surface area contributed by atoms with Gasteiger partial charge in [0.25, 0.3) is 0 Å². The number of hydrogen-bond acceptors (Lipinski definition) is 5. The molecule has 0 aliphatic carbocycles. The number of rotatable bonds is 4. The van der Waals surface area contributed by atoms with E-state index in [9.17, 15) is 15.0 Å². The van der Waals surface area contributed by atoms with Gasteiger partial charge in [-0.3, -0.25) is 0 Å². The number of esters is 1. The third kappa shape index (κ3) is 3.21. The lowest BCUT2D eigenvalue weighted by molar-refractivity contribution is -0.150. The number of carbonyl (C=O) groups is 1. The molecular weight excluding hydrogens is 234 g/mol. The highest BCUT2D eigenvalue weighted by Gasteiger charge is 2.20. The predicted octanol–water partition coefficient (Wildman–Crippen LogP) is 0.969. The van der Waals surface area contributed by atoms with Gasteiger partial charge in [0.2, 0.25) is 0 Å². The molecule has 5 nitrogen and oxygen atoms in total. The number of methoxy groups -OCH3 is 1. The number of benzene rings is 1. The topological polar surface area (TPSA) is 70.0 Å². The van der Waals surface area contributed by atoms with Gasteiger partial charge in [0.1, 0.15) is 5.75 Å². The van der Waals surface area contributed by atoms with Crippen LogP contribution in [0.3, 0.4) is 0 Å². The number of phenolic OH excluding ortho intramolecular Hbond substituents is 1. The second-order valence-electron chi connectivity index (χ2n) is 4.51. The van der Waals surface area contributed by atoms with Crippen LogP contribution in [0.1, 0.15) is 22.8 Å². The minimum Gasteiger partial charge on any atom is -0.507 e. The summed E-state index contributed by atoms with van der Waals surface area (Å²) in [5.74, 6) is -0.527. The maximum atomic E-state index is 11.3. The van der Waals surface area contributed by atoms with E-state index in [4.69, 9.17) is 0 Å². The number of nitrogens with zero attached hydrogens (tertiary/aromatic N) is 1. The third-order valence-corrected chi connectivity index (χ3v) is 2.63. The van der Waals surface area contributed by atoms with E-state index in [1.807, 2.05) is 19.0 Å². The number of phenols is 1. The summed E-state index contributed by atoms with van der Waals surface area (Å²) in [6.07, 6.45) is -1.32. The molecule has 0 aromatic heterocycles. The van der Waals surface area contributed by atoms with Crippen LogP contribution in [0.2, 0.25) is 0 Å². The van der Waals surface area contributed by atoms with E-state index in [1.165, 1.54) is 7.11 Å². The fourth-order valence-electron chi connectivity index (χ4n) is 1.75. The van der Waals surface area contributed by atoms with Crippen molar-refractivity contribution >= 4 is 5.97 Å². The number of aliphatic hydroxyl groups excluding tert-OH is 1. The van der Waals surface area contributed by atoms with Crippen LogP contribution in [0.15, 0.2) is 12.1 Å². The van der Waals surface area contributed by atoms with Crippen LogP contribution in [0, 0.1) is 6.92 Å². The smallest absolute Gasteiger partial charge is 0.339 e. The molecule has 1 rings (SSSR count). The van der Waals surface area contributed by atoms with Gasteiger partial charge in [-0.15, -0.1) is 0 Å². The van der Waals surface area contributed by atoms with Crippen molar-refractivity contribution in [2.75, 3.05) is 21.2 Å². The SMILES string of the molecule is COC(=O)C(O)c1cc(C)c(O)c(CN(C)C)c1. The van der Waals surface area contributed by atoms with Crippen molar-refractivity contribution in [3.05, 3.63) is 28.8 Å². The highest BCUT2D eigenvalue weighted by Crippen LogP contribution is 2.28. The summed E-state index contributed by atoms with van der Waals surface area (Å²) in [5.41, 5.74) is 1.71. The summed E-state index contributed by atoms with van der Waals surface area (Å²) in [6.45, 7) is 2.25. The molecular formula is C13H19NO4. The predicted molar refractivity (Wildman–Crippen MR) is 67.2 cm³/mol. The van der Waals surface area contributed by atoms with Gasteiger partial charge in [0.15, 0.2) is 6.10 Å². The molecule has 100 valence electrons. The minimum absolute atomic E-state index is 0.185. The van der Waals surface area contributed by atoms with Crippen molar-refractivity contribution in [2.24, 2.45) is 0 Å². The average Bonchev–Trinajstić information content (AvgIpc) is 2.32. The first kappa shape index (κ1) is 14.5. The van der Waals surface area contributed by atoms with Gasteiger partial charge in [-0.1, -0.05) is 0 Å². The highest BCUT2D eigenvalue weighted by molar-refractivity contribution is 5.76. The minimum atomic E-state index is -1.32. The van der Waals surface area contributed by atoms with E-state index < -0.39 is 12.1 Å². The molecule has 0 fully saturated rings. The van der Waals surface area contributed by atoms with Gasteiger partial charge in [-0.25, -0.2) is 4.79 Å². The van der Waals surface area contributed by atoms with Crippen molar-refractivity contribution in [1.82, 2.24) is 4.90 Å². The van der Waals surface area contributed by atoms with Crippen LogP contribution in [-0.2, 0) is 16.1 Å². The van der Waals surface area contributed by atoms with Crippen molar-refractivity contribution in [1.29, 1.82) is 0 Å². The Hall–Kier alpha value is -1.59. The lowest BCUT2D eigenvalue weighted by Crippen LogP contribution is -2.15. The summed E-state index contributed by atoms with van der Waals surface area (Å²) >= 11 is 0. The second-order valence-corrected chi connectivity index (χ2v) is 4.51. The Bertz CT molecular complexity index is 443. The summed E-state index contributed by atoms with van der Waals surface area (Å²) in [5, 5.41) is 19.7. The molecule has 18 heavy (non-hydrogen) atoms. The van der Waals surface area contributed by atoms with Gasteiger partial charge in [0.05, 0.1) is 7.11 Å². The van der Waals surface area contributed by atoms with Gasteiger partial charge < -0.3 is 19.8 Å². The van der Waals surface area contributed by atoms with E-state index >= 15 is 0 Å². The van der Waals surface area contributed by atoms with E-state index in [0.29, 0.717) is 23.2 Å². The van der Waals surface area contributed by atoms with Gasteiger partial charge in [-0.2, -0.15) is 0 Å². The number of aryl methyl sites for hydroxylation is 1. The molecule has 0 aliphatic heterocycles. The number of ether oxygens (including phenoxy) is 1. The van der Waals surface area contributed by atoms with Crippen molar-refractivity contribution in [3.63, 3.8) is 0 Å². The summed E-state index contributed by atoms with van der Waals surface area (Å²) < 4.78 is 4.50. The number of aliphatic hydroxyl groups is 1. The fraction of sp³-hybridized carbons (Fsp3) is 0.462. The number of hydrogen-bond donors (Lipinski definition) is 2. The van der Waals surface area contributed by atoms with Gasteiger partial charge in [-0.05, 0) is 44.3 Å². The van der Waals surface area contributed by atoms with Crippen molar-refractivity contribution in [3.8, 4) is 5.75 Å². The van der Waals surface area contributed by atoms with Crippen LogP contribution in [0.4, 0.5) is 0 Å². The third-order valence-electron chi connectivity index (χ3n) is 2.63. The lowest BCUT2D eigenvalue weighted by Gasteiger charge is -2.16. The molecule has 0 bridgehead atoms. The van der Waals surface area contributed by atoms with Crippen LogP contribution in [-0.4, -0.2) is 42.3 Å². The normalized spacial score (nSPS) is 12.6. The summed E-state index contributed by atoms with van der Waals surface area (Å²) in [6, 6.07) is 3.19. The molecule has 1 aromatic carbocycles. The Kier molecular flexibility index (Phi) is 4.69. The Balaban J connectivity index is 3.15. The summed E-state index contributed by atoms with van der Waals surface area (Å²) in [4.78, 5) is 13.2. The molecule has 2 N–H and O–H groups in total. The number of aromatic hydroxyl groups is 1. The van der Waals surface area contributed by atoms with E-state index in [1.54, 1.807) is 19.1 Å². The van der Waals surface area contributed by atoms with E-state index in [2.05, 4.69) is 4.74 Å². The second kappa shape index (κ2) is 5.84. The zero-order valence-corrected chi connectivity index (χ0v) is 11.1. The zero-order valence-electron chi connectivity index (χ0n) is 11.1. The first-order valence-corrected chi connectivity index (χ1v) is 5.59. The van der Waals surface area contributed by atoms with Crippen LogP contribution in [0.5, 0.6) is 5.75 Å². The van der Waals surface area contributed by atoms with Crippen LogP contribution < -0.4 is 0 Å². The molecule has 0 spiro atoms. The Morgan fingerprint density at radius 1 is 1.44 bits per heavy atom. The Morgan fingerprint density at radius 2 is 2.06 bits per heavy atom. The maximum absolute atomic E-state index is 11.3. The highest BCUT2D eigenvalue weighted by atomic mass is 16.5. The average molecular weight is 253 g/mol. The Morgan fingerprint density at radius 3 is 2.56 bits per heavy atom. The molecule has 0 saturated heterocycles. The molecule has 0 heterocycles. The lowest BCUT2D eigenvalue weighted by atomic mass is 10.0. The molecule has 0 saturated carbocycles. The standard InChI is InChI=1S/C13H19NO4/c1-8-5-9(12(16)13(17)18-4)6-10(11(8)15)7-14(2)3/h5-6,12,15-16H,7H2,1-4H3. The molecule has 1 aromatic rings. The maximum Gasteiger partial charge on any atom is 0.339 e. The first-order valence-electron chi connectivity index (χ1n) is 5.59. The van der Waals surface area contributed by atoms with Gasteiger partial charge >= 0.3 is 5.97 Å². The van der Waals surface area contributed by atoms with Gasteiger partial charge in [0, 0.05) is 12.1 Å². The Labute approximate surface area is 107 Å². The zero-order chi connectivity index (χ0) is 13.9. The molecule has 5 heteroatoms. The monoisotopic (exact) mass is 253 g/mol. The first-order chi connectivity index (χ1) is 8.36. The van der Waals surface area contributed by atoms with E-state index in [0.717, 1.165) is 0 Å². The van der Waals surface area contributed by atoms with Crippen molar-refractivity contribution < 1.29 is 19.7 Å². The molecule has 0 amide bonds.